The van der Waals surface area contributed by atoms with Gasteiger partial charge in [0.1, 0.15) is 12.2 Å². The van der Waals surface area contributed by atoms with Crippen LogP contribution in [-0.2, 0) is 9.47 Å². The molecule has 2 fully saturated rings. The van der Waals surface area contributed by atoms with Crippen LogP contribution in [0.4, 0.5) is 0 Å². The number of rotatable bonds is 0. The molecule has 2 aliphatic rings. The highest BCUT2D eigenvalue weighted by molar-refractivity contribution is 6.23. The zero-order valence-corrected chi connectivity index (χ0v) is 6.81. The molecule has 0 amide bonds. The molecule has 10 heavy (non-hydrogen) atoms. The predicted octanol–water partition coefficient (Wildman–Crippen LogP) is 0.999. The molecule has 0 radical (unpaired) electrons. The Balaban J connectivity index is 2.09. The van der Waals surface area contributed by atoms with Crippen LogP contribution >= 0.6 is 23.2 Å². The van der Waals surface area contributed by atoms with Crippen molar-refractivity contribution >= 4 is 23.2 Å². The van der Waals surface area contributed by atoms with Gasteiger partial charge in [0.15, 0.2) is 0 Å². The van der Waals surface area contributed by atoms with Crippen LogP contribution in [-0.4, -0.2) is 36.2 Å². The lowest BCUT2D eigenvalue weighted by molar-refractivity contribution is 0.0741. The van der Waals surface area contributed by atoms with Gasteiger partial charge in [0, 0.05) is 0 Å². The normalized spacial score (nSPS) is 53.4. The summed E-state index contributed by atoms with van der Waals surface area (Å²) >= 11 is 11.7. The van der Waals surface area contributed by atoms with E-state index in [-0.39, 0.29) is 23.0 Å². The average molecular weight is 183 g/mol. The van der Waals surface area contributed by atoms with E-state index >= 15 is 0 Å². The van der Waals surface area contributed by atoms with E-state index < -0.39 is 0 Å². The van der Waals surface area contributed by atoms with Crippen molar-refractivity contribution in [2.24, 2.45) is 0 Å². The van der Waals surface area contributed by atoms with Gasteiger partial charge in [-0.2, -0.15) is 0 Å². The van der Waals surface area contributed by atoms with E-state index in [0.29, 0.717) is 13.2 Å². The zero-order chi connectivity index (χ0) is 7.14. The maximum atomic E-state index is 5.87. The van der Waals surface area contributed by atoms with Crippen LogP contribution in [0.3, 0.4) is 0 Å². The van der Waals surface area contributed by atoms with E-state index in [9.17, 15) is 0 Å². The molecule has 2 nitrogen and oxygen atoms in total. The van der Waals surface area contributed by atoms with Gasteiger partial charge in [0.2, 0.25) is 0 Å². The molecule has 0 bridgehead atoms. The van der Waals surface area contributed by atoms with Gasteiger partial charge < -0.3 is 9.47 Å². The van der Waals surface area contributed by atoms with Crippen molar-refractivity contribution in [1.29, 1.82) is 0 Å². The van der Waals surface area contributed by atoms with Crippen LogP contribution in [0.5, 0.6) is 0 Å². The fourth-order valence-corrected chi connectivity index (χ4v) is 1.98. The fourth-order valence-electron chi connectivity index (χ4n) is 1.41. The highest BCUT2D eigenvalue weighted by atomic mass is 35.5. The van der Waals surface area contributed by atoms with E-state index in [0.717, 1.165) is 0 Å². The van der Waals surface area contributed by atoms with E-state index in [2.05, 4.69) is 0 Å². The maximum Gasteiger partial charge on any atom is 0.104 e. The zero-order valence-electron chi connectivity index (χ0n) is 5.30. The van der Waals surface area contributed by atoms with Crippen molar-refractivity contribution in [3.05, 3.63) is 0 Å². The molecule has 4 atom stereocenters. The SMILES string of the molecule is Cl[C@H]1CO[C@H]2[C@@H]1OC[C@@H]2Cl. The molecular weight excluding hydrogens is 175 g/mol. The number of ether oxygens (including phenoxy) is 2. The number of hydrogen-bond donors (Lipinski definition) is 0. The van der Waals surface area contributed by atoms with Crippen LogP contribution in [0.25, 0.3) is 0 Å². The Morgan fingerprint density at radius 2 is 1.30 bits per heavy atom. The summed E-state index contributed by atoms with van der Waals surface area (Å²) in [5.41, 5.74) is 0. The van der Waals surface area contributed by atoms with Gasteiger partial charge in [0.25, 0.3) is 0 Å². The topological polar surface area (TPSA) is 18.5 Å². The quantitative estimate of drug-likeness (QED) is 0.521. The van der Waals surface area contributed by atoms with Gasteiger partial charge >= 0.3 is 0 Å². The maximum absolute atomic E-state index is 5.87. The Kier molecular flexibility index (Phi) is 1.81. The van der Waals surface area contributed by atoms with E-state index in [1.54, 1.807) is 0 Å². The average Bonchev–Trinajstić information content (AvgIpc) is 2.41. The Morgan fingerprint density at radius 3 is 1.70 bits per heavy atom. The van der Waals surface area contributed by atoms with Crippen LogP contribution in [0.1, 0.15) is 0 Å². The van der Waals surface area contributed by atoms with Gasteiger partial charge in [-0.3, -0.25) is 0 Å². The first-order valence-corrected chi connectivity index (χ1v) is 4.17. The third-order valence-electron chi connectivity index (χ3n) is 1.93. The second-order valence-corrected chi connectivity index (χ2v) is 3.75. The van der Waals surface area contributed by atoms with Gasteiger partial charge in [-0.15, -0.1) is 23.2 Å². The van der Waals surface area contributed by atoms with E-state index in [4.69, 9.17) is 32.7 Å². The number of halogens is 2. The molecule has 4 heteroatoms. The van der Waals surface area contributed by atoms with Crippen LogP contribution < -0.4 is 0 Å². The molecule has 0 unspecified atom stereocenters. The lowest BCUT2D eigenvalue weighted by Gasteiger charge is -2.08. The van der Waals surface area contributed by atoms with Crippen molar-refractivity contribution < 1.29 is 9.47 Å². The molecule has 2 rings (SSSR count). The monoisotopic (exact) mass is 182 g/mol. The minimum Gasteiger partial charge on any atom is -0.372 e. The molecule has 0 aromatic carbocycles. The minimum absolute atomic E-state index is 0.00579. The van der Waals surface area contributed by atoms with Crippen molar-refractivity contribution in [2.45, 2.75) is 23.0 Å². The first-order chi connectivity index (χ1) is 4.79. The van der Waals surface area contributed by atoms with Crippen LogP contribution in [0.15, 0.2) is 0 Å². The minimum atomic E-state index is -0.00579. The molecule has 2 saturated heterocycles. The highest BCUT2D eigenvalue weighted by Crippen LogP contribution is 2.32. The standard InChI is InChI=1S/C6H8Cl2O2/c7-3-1-9-6-4(8)2-10-5(3)6/h3-6H,1-2H2/t3-,4-,5+,6+/m0/s1. The third-order valence-corrected chi connectivity index (χ3v) is 2.68. The molecule has 58 valence electrons. The number of alkyl halides is 2. The Hall–Kier alpha value is 0.500. The molecule has 0 aromatic rings. The van der Waals surface area contributed by atoms with Crippen molar-refractivity contribution in [2.75, 3.05) is 13.2 Å². The molecule has 0 aromatic heterocycles. The molecule has 0 N–H and O–H groups in total. The number of fused-ring (bicyclic) bond motifs is 1. The summed E-state index contributed by atoms with van der Waals surface area (Å²) in [4.78, 5) is 0. The van der Waals surface area contributed by atoms with Gasteiger partial charge in [-0.1, -0.05) is 0 Å². The summed E-state index contributed by atoms with van der Waals surface area (Å²) in [6.45, 7) is 1.14. The molecule has 0 spiro atoms. The van der Waals surface area contributed by atoms with Gasteiger partial charge in [-0.25, -0.2) is 0 Å². The fraction of sp³-hybridized carbons (Fsp3) is 1.00. The Morgan fingerprint density at radius 1 is 0.900 bits per heavy atom. The molecule has 2 aliphatic heterocycles. The first-order valence-electron chi connectivity index (χ1n) is 3.30. The van der Waals surface area contributed by atoms with Gasteiger partial charge in [-0.05, 0) is 0 Å². The summed E-state index contributed by atoms with van der Waals surface area (Å²) in [7, 11) is 0. The third kappa shape index (κ3) is 0.944. The van der Waals surface area contributed by atoms with Gasteiger partial charge in [0.05, 0.1) is 24.0 Å². The smallest absolute Gasteiger partial charge is 0.104 e. The first kappa shape index (κ1) is 7.17. The van der Waals surface area contributed by atoms with Crippen molar-refractivity contribution in [3.63, 3.8) is 0 Å². The highest BCUT2D eigenvalue weighted by Gasteiger charge is 2.46. The van der Waals surface area contributed by atoms with Crippen LogP contribution in [0, 0.1) is 0 Å². The summed E-state index contributed by atoms with van der Waals surface area (Å²) in [6, 6.07) is 0. The summed E-state index contributed by atoms with van der Waals surface area (Å²) in [5.74, 6) is 0. The molecule has 0 aliphatic carbocycles. The molecular formula is C6H8Cl2O2. The largest absolute Gasteiger partial charge is 0.372 e. The lowest BCUT2D eigenvalue weighted by atomic mass is 10.2. The van der Waals surface area contributed by atoms with Crippen molar-refractivity contribution in [3.8, 4) is 0 Å². The second kappa shape index (κ2) is 2.52. The molecule has 2 heterocycles. The van der Waals surface area contributed by atoms with Crippen LogP contribution in [0.2, 0.25) is 0 Å². The van der Waals surface area contributed by atoms with E-state index in [1.165, 1.54) is 0 Å². The Bertz CT molecular complexity index is 126. The predicted molar refractivity (Wildman–Crippen MR) is 38.8 cm³/mol. The molecule has 0 saturated carbocycles. The second-order valence-electron chi connectivity index (χ2n) is 2.63. The van der Waals surface area contributed by atoms with Crippen molar-refractivity contribution in [1.82, 2.24) is 0 Å². The Labute approximate surface area is 69.4 Å². The summed E-state index contributed by atoms with van der Waals surface area (Å²) in [6.07, 6.45) is 0.0633. The lowest BCUT2D eigenvalue weighted by Crippen LogP contribution is -2.26. The summed E-state index contributed by atoms with van der Waals surface area (Å²) < 4.78 is 10.6. The van der Waals surface area contributed by atoms with E-state index in [1.807, 2.05) is 0 Å². The summed E-state index contributed by atoms with van der Waals surface area (Å²) in [5, 5.41) is -0.0116. The number of hydrogen-bond acceptors (Lipinski definition) is 2.